The molecule has 2 aromatic carbocycles. The first kappa shape index (κ1) is 20.3. The molecule has 140 valence electrons. The topological polar surface area (TPSA) is 32.7 Å². The normalized spacial score (nSPS) is 12.3. The number of nitrogens with zero attached hydrogens (tertiary/aromatic N) is 1. The zero-order valence-corrected chi connectivity index (χ0v) is 15.6. The van der Waals surface area contributed by atoms with Gasteiger partial charge >= 0.3 is 0 Å². The van der Waals surface area contributed by atoms with E-state index >= 15 is 0 Å². The van der Waals surface area contributed by atoms with Crippen LogP contribution in [0.25, 0.3) is 0 Å². The zero-order valence-electron chi connectivity index (χ0n) is 15.6. The Hall–Kier alpha value is -2.01. The van der Waals surface area contributed by atoms with Gasteiger partial charge < -0.3 is 9.84 Å². The first-order valence-corrected chi connectivity index (χ1v) is 8.87. The van der Waals surface area contributed by atoms with Crippen molar-refractivity contribution in [1.29, 1.82) is 0 Å². The molecule has 0 aliphatic carbocycles. The number of aliphatic hydroxyl groups is 1. The van der Waals surface area contributed by atoms with Gasteiger partial charge in [-0.3, -0.25) is 4.90 Å². The van der Waals surface area contributed by atoms with E-state index in [1.165, 1.54) is 28.8 Å². The van der Waals surface area contributed by atoms with Gasteiger partial charge in [-0.2, -0.15) is 0 Å². The van der Waals surface area contributed by atoms with Crippen molar-refractivity contribution in [3.8, 4) is 0 Å². The Labute approximate surface area is 155 Å². The van der Waals surface area contributed by atoms with E-state index in [-0.39, 0.29) is 12.4 Å². The Kier molecular flexibility index (Phi) is 7.98. The van der Waals surface area contributed by atoms with Crippen molar-refractivity contribution in [2.24, 2.45) is 0 Å². The van der Waals surface area contributed by atoms with E-state index in [1.54, 1.807) is 18.2 Å². The smallest absolute Gasteiger partial charge is 0.123 e. The fourth-order valence-corrected chi connectivity index (χ4v) is 2.88. The second kappa shape index (κ2) is 10.2. The largest absolute Gasteiger partial charge is 0.389 e. The molecule has 2 aromatic rings. The van der Waals surface area contributed by atoms with Gasteiger partial charge in [0.15, 0.2) is 0 Å². The molecule has 0 fully saturated rings. The summed E-state index contributed by atoms with van der Waals surface area (Å²) in [5.74, 6) is -0.243. The van der Waals surface area contributed by atoms with E-state index in [2.05, 4.69) is 43.5 Å². The molecule has 0 unspecified atom stereocenters. The van der Waals surface area contributed by atoms with Crippen molar-refractivity contribution in [2.45, 2.75) is 33.0 Å². The molecule has 0 saturated carbocycles. The van der Waals surface area contributed by atoms with E-state index in [9.17, 15) is 9.50 Å². The van der Waals surface area contributed by atoms with Gasteiger partial charge in [-0.15, -0.1) is 6.58 Å². The highest BCUT2D eigenvalue weighted by Crippen LogP contribution is 2.16. The van der Waals surface area contributed by atoms with Gasteiger partial charge in [-0.25, -0.2) is 4.39 Å². The Bertz CT molecular complexity index is 700. The highest BCUT2D eigenvalue weighted by atomic mass is 19.1. The van der Waals surface area contributed by atoms with Gasteiger partial charge in [0.25, 0.3) is 0 Å². The lowest BCUT2D eigenvalue weighted by Gasteiger charge is -2.26. The third-order valence-electron chi connectivity index (χ3n) is 4.23. The number of benzene rings is 2. The lowest BCUT2D eigenvalue weighted by Crippen LogP contribution is -2.34. The predicted molar refractivity (Wildman–Crippen MR) is 103 cm³/mol. The Balaban J connectivity index is 2.10. The Morgan fingerprint density at radius 3 is 2.58 bits per heavy atom. The summed E-state index contributed by atoms with van der Waals surface area (Å²) in [5.41, 5.74) is 4.67. The number of rotatable bonds is 10. The first-order chi connectivity index (χ1) is 12.5. The maximum atomic E-state index is 13.2. The molecule has 0 bridgehead atoms. The molecule has 1 N–H and O–H groups in total. The van der Waals surface area contributed by atoms with Crippen LogP contribution in [0.1, 0.15) is 22.3 Å². The maximum absolute atomic E-state index is 13.2. The summed E-state index contributed by atoms with van der Waals surface area (Å²) in [4.78, 5) is 2.16. The van der Waals surface area contributed by atoms with Crippen molar-refractivity contribution in [2.75, 3.05) is 19.8 Å². The highest BCUT2D eigenvalue weighted by molar-refractivity contribution is 5.30. The molecular weight excluding hydrogens is 329 g/mol. The van der Waals surface area contributed by atoms with Crippen LogP contribution in [-0.4, -0.2) is 35.9 Å². The minimum atomic E-state index is -0.597. The number of aliphatic hydroxyl groups excluding tert-OH is 1. The standard InChI is InChI=1S/C22H28FNO2/c1-4-11-26-16-22(25)15-24(13-19-7-9-21(23)10-8-19)14-20-12-17(2)5-6-18(20)3/h4-10,12,22,25H,1,11,13-16H2,2-3H3/t22-/m1/s1. The van der Waals surface area contributed by atoms with Gasteiger partial charge in [0.2, 0.25) is 0 Å². The van der Waals surface area contributed by atoms with Crippen molar-refractivity contribution in [1.82, 2.24) is 4.90 Å². The lowest BCUT2D eigenvalue weighted by atomic mass is 10.0. The van der Waals surface area contributed by atoms with E-state index in [0.717, 1.165) is 5.56 Å². The van der Waals surface area contributed by atoms with Crippen LogP contribution in [0.3, 0.4) is 0 Å². The van der Waals surface area contributed by atoms with Crippen LogP contribution in [0.2, 0.25) is 0 Å². The van der Waals surface area contributed by atoms with E-state index < -0.39 is 6.10 Å². The van der Waals surface area contributed by atoms with Gasteiger partial charge in [0.05, 0.1) is 19.3 Å². The van der Waals surface area contributed by atoms with Gasteiger partial charge in [0, 0.05) is 19.6 Å². The third kappa shape index (κ3) is 6.71. The quantitative estimate of drug-likeness (QED) is 0.515. The Morgan fingerprint density at radius 1 is 1.15 bits per heavy atom. The molecule has 0 aromatic heterocycles. The van der Waals surface area contributed by atoms with E-state index in [4.69, 9.17) is 4.74 Å². The van der Waals surface area contributed by atoms with E-state index in [1.807, 2.05) is 0 Å². The number of aryl methyl sites for hydroxylation is 2. The molecule has 0 radical (unpaired) electrons. The number of ether oxygens (including phenoxy) is 1. The van der Waals surface area contributed by atoms with Crippen LogP contribution in [0, 0.1) is 19.7 Å². The third-order valence-corrected chi connectivity index (χ3v) is 4.23. The van der Waals surface area contributed by atoms with Crippen molar-refractivity contribution >= 4 is 0 Å². The summed E-state index contributed by atoms with van der Waals surface area (Å²) < 4.78 is 18.5. The summed E-state index contributed by atoms with van der Waals surface area (Å²) in [7, 11) is 0. The highest BCUT2D eigenvalue weighted by Gasteiger charge is 2.14. The van der Waals surface area contributed by atoms with Crippen LogP contribution in [0.15, 0.2) is 55.1 Å². The average Bonchev–Trinajstić information content (AvgIpc) is 2.60. The fraction of sp³-hybridized carbons (Fsp3) is 0.364. The average molecular weight is 357 g/mol. The van der Waals surface area contributed by atoms with Crippen LogP contribution in [0.5, 0.6) is 0 Å². The molecule has 26 heavy (non-hydrogen) atoms. The van der Waals surface area contributed by atoms with Gasteiger partial charge in [-0.05, 0) is 42.7 Å². The number of hydrogen-bond acceptors (Lipinski definition) is 3. The minimum Gasteiger partial charge on any atom is -0.389 e. The van der Waals surface area contributed by atoms with Gasteiger partial charge in [0.1, 0.15) is 5.82 Å². The molecule has 4 heteroatoms. The molecule has 0 spiro atoms. The molecule has 0 saturated heterocycles. The van der Waals surface area contributed by atoms with Crippen molar-refractivity contribution < 1.29 is 14.2 Å². The van der Waals surface area contributed by atoms with Crippen molar-refractivity contribution in [3.05, 3.63) is 83.2 Å². The summed E-state index contributed by atoms with van der Waals surface area (Å²) in [6.07, 6.45) is 1.07. The lowest BCUT2D eigenvalue weighted by molar-refractivity contribution is 0.0228. The molecule has 1 atom stereocenters. The second-order valence-electron chi connectivity index (χ2n) is 6.71. The van der Waals surface area contributed by atoms with Crippen molar-refractivity contribution in [3.63, 3.8) is 0 Å². The SMILES string of the molecule is C=CCOC[C@H](O)CN(Cc1ccc(F)cc1)Cc1cc(C)ccc1C. The monoisotopic (exact) mass is 357 g/mol. The van der Waals surface area contributed by atoms with Crippen LogP contribution in [0.4, 0.5) is 4.39 Å². The predicted octanol–water partition coefficient (Wildman–Crippen LogP) is 4.01. The molecular formula is C22H28FNO2. The maximum Gasteiger partial charge on any atom is 0.123 e. The van der Waals surface area contributed by atoms with Crippen LogP contribution in [-0.2, 0) is 17.8 Å². The van der Waals surface area contributed by atoms with Crippen LogP contribution >= 0.6 is 0 Å². The number of halogens is 1. The number of hydrogen-bond donors (Lipinski definition) is 1. The first-order valence-electron chi connectivity index (χ1n) is 8.87. The second-order valence-corrected chi connectivity index (χ2v) is 6.71. The molecule has 0 aliphatic heterocycles. The molecule has 0 aliphatic rings. The molecule has 0 heterocycles. The summed E-state index contributed by atoms with van der Waals surface area (Å²) in [5, 5.41) is 10.3. The van der Waals surface area contributed by atoms with Gasteiger partial charge in [-0.1, -0.05) is 42.0 Å². The summed E-state index contributed by atoms with van der Waals surface area (Å²) in [6.45, 7) is 10.3. The van der Waals surface area contributed by atoms with Crippen LogP contribution < -0.4 is 0 Å². The Morgan fingerprint density at radius 2 is 1.88 bits per heavy atom. The van der Waals surface area contributed by atoms with E-state index in [0.29, 0.717) is 26.2 Å². The zero-order chi connectivity index (χ0) is 18.9. The minimum absolute atomic E-state index is 0.243. The summed E-state index contributed by atoms with van der Waals surface area (Å²) in [6, 6.07) is 12.9. The fourth-order valence-electron chi connectivity index (χ4n) is 2.88. The summed E-state index contributed by atoms with van der Waals surface area (Å²) >= 11 is 0. The molecule has 3 nitrogen and oxygen atoms in total. The molecule has 2 rings (SSSR count). The molecule has 0 amide bonds.